The molecule has 0 saturated carbocycles. The lowest BCUT2D eigenvalue weighted by atomic mass is 10.1. The number of hydrogen-bond donors (Lipinski definition) is 0. The molecule has 104 valence electrons. The van der Waals surface area contributed by atoms with Crippen molar-refractivity contribution in [2.75, 3.05) is 0 Å². The summed E-state index contributed by atoms with van der Waals surface area (Å²) < 4.78 is 4.42. The molecule has 0 amide bonds. The van der Waals surface area contributed by atoms with Gasteiger partial charge in [-0.3, -0.25) is 0 Å². The number of fused-ring (bicyclic) bond motifs is 2. The van der Waals surface area contributed by atoms with E-state index in [0.717, 1.165) is 42.1 Å². The van der Waals surface area contributed by atoms with Gasteiger partial charge in [-0.1, -0.05) is 0 Å². The highest BCUT2D eigenvalue weighted by Crippen LogP contribution is 2.20. The predicted molar refractivity (Wildman–Crippen MR) is 78.7 cm³/mol. The fraction of sp³-hybridized carbons (Fsp3) is 0.312. The molecule has 0 saturated heterocycles. The highest BCUT2D eigenvalue weighted by molar-refractivity contribution is 5.81. The van der Waals surface area contributed by atoms with Crippen LogP contribution in [0.4, 0.5) is 0 Å². The number of aryl methyl sites for hydroxylation is 1. The van der Waals surface area contributed by atoms with Gasteiger partial charge >= 0.3 is 0 Å². The highest BCUT2D eigenvalue weighted by atomic mass is 15.3. The van der Waals surface area contributed by atoms with Gasteiger partial charge in [0, 0.05) is 30.1 Å². The molecular weight excluding hydrogens is 262 g/mol. The fourth-order valence-electron chi connectivity index (χ4n) is 3.05. The first-order chi connectivity index (χ1) is 10.3. The summed E-state index contributed by atoms with van der Waals surface area (Å²) in [5.41, 5.74) is 1.82. The quantitative estimate of drug-likeness (QED) is 0.723. The van der Waals surface area contributed by atoms with E-state index in [1.807, 2.05) is 24.3 Å². The Morgan fingerprint density at radius 1 is 1.19 bits per heavy atom. The molecule has 3 aromatic rings. The van der Waals surface area contributed by atoms with Crippen molar-refractivity contribution in [3.05, 3.63) is 47.7 Å². The second-order valence-electron chi connectivity index (χ2n) is 5.47. The molecule has 0 aliphatic carbocycles. The molecule has 4 rings (SSSR count). The predicted octanol–water partition coefficient (Wildman–Crippen LogP) is 2.49. The fourth-order valence-corrected chi connectivity index (χ4v) is 3.05. The largest absolute Gasteiger partial charge is 0.340 e. The second kappa shape index (κ2) is 4.74. The summed E-state index contributed by atoms with van der Waals surface area (Å²) in [4.78, 5) is 0. The summed E-state index contributed by atoms with van der Waals surface area (Å²) in [5, 5.41) is 18.7. The SMILES string of the molecule is N#Cc1ccc2c(ccn2Cc2nnc3n2CCCC3)c1. The minimum atomic E-state index is 0.695. The standard InChI is InChI=1S/C16H15N5/c17-10-12-4-5-14-13(9-12)6-8-20(14)11-16-19-18-15-3-1-2-7-21(15)16/h4-6,8-9H,1-3,7,11H2. The molecule has 0 atom stereocenters. The lowest BCUT2D eigenvalue weighted by Gasteiger charge is -2.15. The minimum absolute atomic E-state index is 0.695. The Labute approximate surface area is 122 Å². The maximum Gasteiger partial charge on any atom is 0.153 e. The molecule has 0 N–H and O–H groups in total. The van der Waals surface area contributed by atoms with Crippen LogP contribution < -0.4 is 0 Å². The number of nitrogens with zero attached hydrogens (tertiary/aromatic N) is 5. The third-order valence-corrected chi connectivity index (χ3v) is 4.15. The lowest BCUT2D eigenvalue weighted by Crippen LogP contribution is -2.14. The molecule has 0 spiro atoms. The van der Waals surface area contributed by atoms with Crippen LogP contribution in [0.2, 0.25) is 0 Å². The molecule has 1 aromatic carbocycles. The van der Waals surface area contributed by atoms with Crippen LogP contribution in [0.25, 0.3) is 10.9 Å². The number of hydrogen-bond acceptors (Lipinski definition) is 3. The zero-order chi connectivity index (χ0) is 14.2. The van der Waals surface area contributed by atoms with Gasteiger partial charge in [0.05, 0.1) is 18.2 Å². The van der Waals surface area contributed by atoms with Crippen LogP contribution in [0, 0.1) is 11.3 Å². The molecular formula is C16H15N5. The number of rotatable bonds is 2. The van der Waals surface area contributed by atoms with E-state index in [9.17, 15) is 0 Å². The van der Waals surface area contributed by atoms with E-state index in [1.54, 1.807) is 0 Å². The van der Waals surface area contributed by atoms with Gasteiger partial charge in [-0.05, 0) is 37.1 Å². The third kappa shape index (κ3) is 2.00. The molecule has 1 aliphatic rings. The van der Waals surface area contributed by atoms with Gasteiger partial charge in [-0.15, -0.1) is 10.2 Å². The molecule has 1 aliphatic heterocycles. The summed E-state index contributed by atoms with van der Waals surface area (Å²) in [6, 6.07) is 10.0. The summed E-state index contributed by atoms with van der Waals surface area (Å²) in [6.45, 7) is 1.75. The van der Waals surface area contributed by atoms with Crippen LogP contribution in [0.5, 0.6) is 0 Å². The van der Waals surface area contributed by atoms with Crippen LogP contribution >= 0.6 is 0 Å². The Bertz CT molecular complexity index is 849. The Hall–Kier alpha value is -2.61. The summed E-state index contributed by atoms with van der Waals surface area (Å²) in [5.74, 6) is 2.13. The maximum absolute atomic E-state index is 8.97. The van der Waals surface area contributed by atoms with Crippen molar-refractivity contribution in [1.82, 2.24) is 19.3 Å². The third-order valence-electron chi connectivity index (χ3n) is 4.15. The van der Waals surface area contributed by atoms with Crippen molar-refractivity contribution in [3.8, 4) is 6.07 Å². The first-order valence-electron chi connectivity index (χ1n) is 7.25. The van der Waals surface area contributed by atoms with E-state index < -0.39 is 0 Å². The lowest BCUT2D eigenvalue weighted by molar-refractivity contribution is 0.503. The number of nitriles is 1. The maximum atomic E-state index is 8.97. The molecule has 3 heterocycles. The van der Waals surface area contributed by atoms with Gasteiger partial charge < -0.3 is 9.13 Å². The van der Waals surface area contributed by atoms with Crippen LogP contribution in [0.1, 0.15) is 30.1 Å². The monoisotopic (exact) mass is 277 g/mol. The zero-order valence-electron chi connectivity index (χ0n) is 11.7. The Balaban J connectivity index is 1.72. The average Bonchev–Trinajstić information content (AvgIpc) is 3.12. The summed E-state index contributed by atoms with van der Waals surface area (Å²) in [6.07, 6.45) is 5.50. The van der Waals surface area contributed by atoms with E-state index in [2.05, 4.69) is 31.6 Å². The smallest absolute Gasteiger partial charge is 0.153 e. The van der Waals surface area contributed by atoms with Crippen molar-refractivity contribution < 1.29 is 0 Å². The molecule has 0 fully saturated rings. The van der Waals surface area contributed by atoms with Gasteiger partial charge in [0.15, 0.2) is 5.82 Å². The van der Waals surface area contributed by atoms with Gasteiger partial charge in [0.25, 0.3) is 0 Å². The summed E-state index contributed by atoms with van der Waals surface area (Å²) >= 11 is 0. The normalized spacial score (nSPS) is 14.0. The number of benzene rings is 1. The molecule has 5 nitrogen and oxygen atoms in total. The highest BCUT2D eigenvalue weighted by Gasteiger charge is 2.16. The van der Waals surface area contributed by atoms with Gasteiger partial charge in [-0.25, -0.2) is 0 Å². The topological polar surface area (TPSA) is 59.4 Å². The van der Waals surface area contributed by atoms with Crippen molar-refractivity contribution in [2.45, 2.75) is 32.4 Å². The van der Waals surface area contributed by atoms with E-state index in [-0.39, 0.29) is 0 Å². The van der Waals surface area contributed by atoms with E-state index >= 15 is 0 Å². The molecule has 2 aromatic heterocycles. The van der Waals surface area contributed by atoms with E-state index in [0.29, 0.717) is 5.56 Å². The van der Waals surface area contributed by atoms with Crippen LogP contribution in [-0.4, -0.2) is 19.3 Å². The Morgan fingerprint density at radius 2 is 2.14 bits per heavy atom. The van der Waals surface area contributed by atoms with E-state index in [4.69, 9.17) is 5.26 Å². The van der Waals surface area contributed by atoms with Crippen molar-refractivity contribution >= 4 is 10.9 Å². The molecule has 0 unspecified atom stereocenters. The second-order valence-corrected chi connectivity index (χ2v) is 5.47. The van der Waals surface area contributed by atoms with Crippen LogP contribution in [0.15, 0.2) is 30.5 Å². The van der Waals surface area contributed by atoms with Crippen molar-refractivity contribution in [3.63, 3.8) is 0 Å². The van der Waals surface area contributed by atoms with Crippen LogP contribution in [-0.2, 0) is 19.5 Å². The van der Waals surface area contributed by atoms with Crippen molar-refractivity contribution in [2.24, 2.45) is 0 Å². The first-order valence-corrected chi connectivity index (χ1v) is 7.25. The number of aromatic nitrogens is 4. The van der Waals surface area contributed by atoms with E-state index in [1.165, 1.54) is 12.8 Å². The first kappa shape index (κ1) is 12.2. The van der Waals surface area contributed by atoms with Gasteiger partial charge in [0.1, 0.15) is 5.82 Å². The average molecular weight is 277 g/mol. The Morgan fingerprint density at radius 3 is 3.05 bits per heavy atom. The van der Waals surface area contributed by atoms with Crippen LogP contribution in [0.3, 0.4) is 0 Å². The minimum Gasteiger partial charge on any atom is -0.340 e. The summed E-state index contributed by atoms with van der Waals surface area (Å²) in [7, 11) is 0. The van der Waals surface area contributed by atoms with Gasteiger partial charge in [0.2, 0.25) is 0 Å². The zero-order valence-corrected chi connectivity index (χ0v) is 11.7. The molecule has 21 heavy (non-hydrogen) atoms. The molecule has 5 heteroatoms. The Kier molecular flexibility index (Phi) is 2.74. The molecule has 0 radical (unpaired) electrons. The molecule has 0 bridgehead atoms. The van der Waals surface area contributed by atoms with Crippen molar-refractivity contribution in [1.29, 1.82) is 5.26 Å². The van der Waals surface area contributed by atoms with Gasteiger partial charge in [-0.2, -0.15) is 5.26 Å².